The number of nitrogen functional groups attached to an aromatic ring is 1. The monoisotopic (exact) mass is 269 g/mol. The Balaban J connectivity index is 2.24. The van der Waals surface area contributed by atoms with Gasteiger partial charge in [0.05, 0.1) is 10.4 Å². The molecule has 0 radical (unpaired) electrons. The Kier molecular flexibility index (Phi) is 2.87. The highest BCUT2D eigenvalue weighted by Crippen LogP contribution is 2.38. The summed E-state index contributed by atoms with van der Waals surface area (Å²) in [6.07, 6.45) is 0. The van der Waals surface area contributed by atoms with Crippen molar-refractivity contribution in [3.05, 3.63) is 47.3 Å². The van der Waals surface area contributed by atoms with Gasteiger partial charge >= 0.3 is 0 Å². The molecule has 0 spiro atoms. The van der Waals surface area contributed by atoms with Crippen molar-refractivity contribution in [2.45, 2.75) is 6.92 Å². The van der Waals surface area contributed by atoms with Crippen molar-refractivity contribution < 1.29 is 0 Å². The van der Waals surface area contributed by atoms with E-state index in [4.69, 9.17) is 5.73 Å². The standard InChI is InChI=1S/C15H15N3S/c1-10-8-9-12(19-10)14-13(15(16)18(2)17-14)11-6-4-3-5-7-11/h3-9H,16H2,1-2H3. The summed E-state index contributed by atoms with van der Waals surface area (Å²) in [4.78, 5) is 2.43. The molecule has 2 N–H and O–H groups in total. The molecule has 0 amide bonds. The van der Waals surface area contributed by atoms with Gasteiger partial charge in [0.25, 0.3) is 0 Å². The van der Waals surface area contributed by atoms with E-state index in [1.54, 1.807) is 16.0 Å². The predicted octanol–water partition coefficient (Wildman–Crippen LogP) is 3.71. The minimum atomic E-state index is 0.701. The lowest BCUT2D eigenvalue weighted by molar-refractivity contribution is 0.783. The van der Waals surface area contributed by atoms with Crippen LogP contribution >= 0.6 is 11.3 Å². The lowest BCUT2D eigenvalue weighted by Crippen LogP contribution is -1.97. The largest absolute Gasteiger partial charge is 0.383 e. The summed E-state index contributed by atoms with van der Waals surface area (Å²) in [7, 11) is 1.88. The Morgan fingerprint density at radius 3 is 2.47 bits per heavy atom. The third-order valence-electron chi connectivity index (χ3n) is 3.13. The third-order valence-corrected chi connectivity index (χ3v) is 4.14. The fourth-order valence-corrected chi connectivity index (χ4v) is 3.02. The minimum absolute atomic E-state index is 0.701. The minimum Gasteiger partial charge on any atom is -0.383 e. The second-order valence-corrected chi connectivity index (χ2v) is 5.80. The molecule has 0 bridgehead atoms. The number of hydrogen-bond donors (Lipinski definition) is 1. The molecule has 2 aromatic heterocycles. The Labute approximate surface area is 116 Å². The lowest BCUT2D eigenvalue weighted by Gasteiger charge is -2.02. The van der Waals surface area contributed by atoms with E-state index in [1.165, 1.54) is 4.88 Å². The maximum absolute atomic E-state index is 6.18. The molecule has 0 fully saturated rings. The number of aryl methyl sites for hydroxylation is 2. The van der Waals surface area contributed by atoms with Gasteiger partial charge in [0, 0.05) is 11.9 Å². The van der Waals surface area contributed by atoms with Crippen molar-refractivity contribution in [2.75, 3.05) is 5.73 Å². The van der Waals surface area contributed by atoms with Crippen molar-refractivity contribution in [2.24, 2.45) is 7.05 Å². The second kappa shape index (κ2) is 4.55. The van der Waals surface area contributed by atoms with Crippen LogP contribution in [0.5, 0.6) is 0 Å². The molecule has 4 heteroatoms. The van der Waals surface area contributed by atoms with Gasteiger partial charge in [0.15, 0.2) is 0 Å². The van der Waals surface area contributed by atoms with Gasteiger partial charge in [-0.3, -0.25) is 4.68 Å². The first-order valence-electron chi connectivity index (χ1n) is 6.11. The van der Waals surface area contributed by atoms with E-state index in [9.17, 15) is 0 Å². The SMILES string of the molecule is Cc1ccc(-c2nn(C)c(N)c2-c2ccccc2)s1. The summed E-state index contributed by atoms with van der Waals surface area (Å²) in [5.41, 5.74) is 9.27. The van der Waals surface area contributed by atoms with Gasteiger partial charge in [0.2, 0.25) is 0 Å². The Hall–Kier alpha value is -2.07. The van der Waals surface area contributed by atoms with Gasteiger partial charge in [-0.15, -0.1) is 11.3 Å². The first-order valence-corrected chi connectivity index (χ1v) is 6.93. The van der Waals surface area contributed by atoms with Crippen LogP contribution in [0, 0.1) is 6.92 Å². The number of hydrogen-bond acceptors (Lipinski definition) is 3. The molecule has 0 unspecified atom stereocenters. The van der Waals surface area contributed by atoms with Crippen molar-refractivity contribution >= 4 is 17.2 Å². The average Bonchev–Trinajstić information content (AvgIpc) is 2.96. The summed E-state index contributed by atoms with van der Waals surface area (Å²) >= 11 is 1.74. The molecule has 0 atom stereocenters. The fourth-order valence-electron chi connectivity index (χ4n) is 2.16. The van der Waals surface area contributed by atoms with Crippen LogP contribution in [0.3, 0.4) is 0 Å². The van der Waals surface area contributed by atoms with Crippen molar-refractivity contribution in [1.82, 2.24) is 9.78 Å². The first kappa shape index (κ1) is 12.0. The maximum Gasteiger partial charge on any atom is 0.129 e. The van der Waals surface area contributed by atoms with Gasteiger partial charge in [-0.25, -0.2) is 0 Å². The molecule has 0 saturated heterocycles. The van der Waals surface area contributed by atoms with E-state index in [1.807, 2.05) is 25.2 Å². The quantitative estimate of drug-likeness (QED) is 0.770. The molecule has 0 aliphatic carbocycles. The van der Waals surface area contributed by atoms with Gasteiger partial charge in [-0.05, 0) is 24.6 Å². The highest BCUT2D eigenvalue weighted by molar-refractivity contribution is 7.15. The molecule has 2 heterocycles. The highest BCUT2D eigenvalue weighted by Gasteiger charge is 2.18. The van der Waals surface area contributed by atoms with Crippen molar-refractivity contribution in [1.29, 1.82) is 0 Å². The van der Waals surface area contributed by atoms with E-state index in [0.717, 1.165) is 21.7 Å². The van der Waals surface area contributed by atoms with Crippen LogP contribution in [0.15, 0.2) is 42.5 Å². The lowest BCUT2D eigenvalue weighted by atomic mass is 10.0. The zero-order valence-corrected chi connectivity index (χ0v) is 11.7. The summed E-state index contributed by atoms with van der Waals surface area (Å²) in [5, 5.41) is 4.57. The molecule has 3 nitrogen and oxygen atoms in total. The zero-order valence-electron chi connectivity index (χ0n) is 10.9. The summed E-state index contributed by atoms with van der Waals surface area (Å²) < 4.78 is 1.74. The molecule has 0 aliphatic heterocycles. The molecule has 0 aliphatic rings. The number of rotatable bonds is 2. The molecule has 3 aromatic rings. The van der Waals surface area contributed by atoms with E-state index >= 15 is 0 Å². The molecular weight excluding hydrogens is 254 g/mol. The van der Waals surface area contributed by atoms with Gasteiger partial charge in [-0.1, -0.05) is 30.3 Å². The second-order valence-electron chi connectivity index (χ2n) is 4.51. The van der Waals surface area contributed by atoms with Crippen LogP contribution in [0.2, 0.25) is 0 Å². The summed E-state index contributed by atoms with van der Waals surface area (Å²) in [5.74, 6) is 0.701. The van der Waals surface area contributed by atoms with E-state index in [0.29, 0.717) is 5.82 Å². The number of aromatic nitrogens is 2. The number of nitrogens with zero attached hydrogens (tertiary/aromatic N) is 2. The third kappa shape index (κ3) is 2.04. The average molecular weight is 269 g/mol. The smallest absolute Gasteiger partial charge is 0.129 e. The molecule has 1 aromatic carbocycles. The van der Waals surface area contributed by atoms with Crippen LogP contribution in [0.1, 0.15) is 4.88 Å². The van der Waals surface area contributed by atoms with E-state index in [2.05, 4.69) is 36.3 Å². The molecular formula is C15H15N3S. The Morgan fingerprint density at radius 1 is 1.11 bits per heavy atom. The molecule has 96 valence electrons. The topological polar surface area (TPSA) is 43.8 Å². The van der Waals surface area contributed by atoms with Crippen molar-refractivity contribution in [3.8, 4) is 21.7 Å². The number of benzene rings is 1. The fraction of sp³-hybridized carbons (Fsp3) is 0.133. The van der Waals surface area contributed by atoms with Gasteiger partial charge in [-0.2, -0.15) is 5.10 Å². The highest BCUT2D eigenvalue weighted by atomic mass is 32.1. The van der Waals surface area contributed by atoms with Crippen LogP contribution in [-0.4, -0.2) is 9.78 Å². The molecule has 3 rings (SSSR count). The van der Waals surface area contributed by atoms with Crippen LogP contribution in [0.4, 0.5) is 5.82 Å². The van der Waals surface area contributed by atoms with Crippen LogP contribution < -0.4 is 5.73 Å². The van der Waals surface area contributed by atoms with Gasteiger partial charge < -0.3 is 5.73 Å². The van der Waals surface area contributed by atoms with E-state index < -0.39 is 0 Å². The van der Waals surface area contributed by atoms with E-state index in [-0.39, 0.29) is 0 Å². The normalized spacial score (nSPS) is 10.8. The first-order chi connectivity index (χ1) is 9.16. The van der Waals surface area contributed by atoms with Gasteiger partial charge in [0.1, 0.15) is 11.5 Å². The Morgan fingerprint density at radius 2 is 1.84 bits per heavy atom. The summed E-state index contributed by atoms with van der Waals surface area (Å²) in [6.45, 7) is 2.10. The number of thiophene rings is 1. The summed E-state index contributed by atoms with van der Waals surface area (Å²) in [6, 6.07) is 14.4. The molecule has 0 saturated carbocycles. The molecule has 19 heavy (non-hydrogen) atoms. The number of nitrogens with two attached hydrogens (primary N) is 1. The predicted molar refractivity (Wildman–Crippen MR) is 81.1 cm³/mol. The van der Waals surface area contributed by atoms with Crippen LogP contribution in [-0.2, 0) is 7.05 Å². The maximum atomic E-state index is 6.18. The van der Waals surface area contributed by atoms with Crippen LogP contribution in [0.25, 0.3) is 21.7 Å². The zero-order chi connectivity index (χ0) is 13.4. The van der Waals surface area contributed by atoms with Crippen molar-refractivity contribution in [3.63, 3.8) is 0 Å². The number of anilines is 1. The Bertz CT molecular complexity index is 710.